The van der Waals surface area contributed by atoms with Gasteiger partial charge in [-0.2, -0.15) is 8.42 Å². The minimum absolute atomic E-state index is 0.00788. The average Bonchev–Trinajstić information content (AvgIpc) is 3.33. The second-order valence-electron chi connectivity index (χ2n) is 21.0. The van der Waals surface area contributed by atoms with Crippen molar-refractivity contribution in [1.29, 1.82) is 0 Å². The van der Waals surface area contributed by atoms with Crippen LogP contribution in [0, 0.1) is 30.6 Å². The molecule has 22 heteroatoms. The normalized spacial score (nSPS) is 40.9. The van der Waals surface area contributed by atoms with E-state index < -0.39 is 150 Å². The molecule has 0 radical (unpaired) electrons. The Morgan fingerprint density at radius 3 is 2.01 bits per heavy atom. The largest absolute Gasteiger partial charge is 0.462 e. The Hall–Kier alpha value is -3.14. The van der Waals surface area contributed by atoms with Gasteiger partial charge in [-0.05, 0) is 92.6 Å². The van der Waals surface area contributed by atoms with E-state index in [-0.39, 0.29) is 36.5 Å². The van der Waals surface area contributed by atoms with E-state index in [2.05, 4.69) is 0 Å². The number of hydrogen-bond donors (Lipinski definition) is 6. The number of benzene rings is 1. The van der Waals surface area contributed by atoms with Crippen LogP contribution >= 0.6 is 0 Å². The van der Waals surface area contributed by atoms with Crippen molar-refractivity contribution in [2.24, 2.45) is 23.7 Å². The molecule has 3 fully saturated rings. The number of carbonyl (C=O) groups excluding carboxylic acids is 3. The number of nitrogens with zero attached hydrogens (tertiary/aromatic N) is 1. The van der Waals surface area contributed by atoms with E-state index in [0.717, 1.165) is 11.8 Å². The molecule has 1 aromatic rings. The van der Waals surface area contributed by atoms with Gasteiger partial charge in [0.25, 0.3) is 10.1 Å². The molecule has 0 aliphatic carbocycles. The number of allylic oxidation sites excluding steroid dienone is 3. The Morgan fingerprint density at radius 1 is 0.827 bits per heavy atom. The number of likely N-dealkylation sites (N-methyl/N-ethyl adjacent to an activating group) is 1. The number of rotatable bonds is 14. The van der Waals surface area contributed by atoms with Crippen molar-refractivity contribution in [3.63, 3.8) is 0 Å². The Morgan fingerprint density at radius 2 is 1.45 bits per heavy atom. The minimum atomic E-state index is -4.02. The summed E-state index contributed by atoms with van der Waals surface area (Å²) in [4.78, 5) is 41.5. The SMILES string of the molecule is CC[C@H]1OC(=O)C[C@@H](O)[C@H](C)[C@@H](O[C@@H]2O[C@H](C)[C@@H](O[C@H]3C[C@@](C)(O)[C@@H](O)[C@H](C)O3)[C@H](N(C)C)[C@H]2O)[C@@H](CC=O)C[C@@H](C)C(=O)/C=C/C(C)=C/C1CO[C@@H]1O[C@H](C)[C@@H](O)[C@@H](OC)[C@H]1OC.Cc1ccc(S(=O)(=O)O)cc1. The number of aryl methyl sites for hydroxylation is 1. The molecule has 21 atom stereocenters. The van der Waals surface area contributed by atoms with E-state index in [1.54, 1.807) is 71.8 Å². The molecule has 6 N–H and O–H groups in total. The summed E-state index contributed by atoms with van der Waals surface area (Å²) in [6, 6.07) is 5.24. The molecule has 0 spiro atoms. The molecule has 0 aromatic heterocycles. The van der Waals surface area contributed by atoms with E-state index in [1.165, 1.54) is 39.4 Å². The maximum atomic E-state index is 13.8. The highest BCUT2D eigenvalue weighted by atomic mass is 32.2. The molecular formula is C53H85NO20S. The third kappa shape index (κ3) is 17.4. The molecule has 0 amide bonds. The molecule has 0 saturated carbocycles. The summed E-state index contributed by atoms with van der Waals surface area (Å²) in [5, 5.41) is 55.8. The van der Waals surface area contributed by atoms with Crippen molar-refractivity contribution >= 4 is 28.2 Å². The molecule has 5 rings (SSSR count). The van der Waals surface area contributed by atoms with Crippen molar-refractivity contribution in [2.45, 2.75) is 203 Å². The van der Waals surface area contributed by atoms with Crippen LogP contribution in [0.25, 0.3) is 0 Å². The second kappa shape index (κ2) is 28.7. The number of cyclic esters (lactones) is 1. The number of hydrogen-bond acceptors (Lipinski definition) is 20. The fourth-order valence-corrected chi connectivity index (χ4v) is 10.7. The molecule has 3 saturated heterocycles. The Balaban J connectivity index is 0.000000977. The third-order valence-corrected chi connectivity index (χ3v) is 15.6. The molecule has 428 valence electrons. The van der Waals surface area contributed by atoms with E-state index in [9.17, 15) is 48.3 Å². The quantitative estimate of drug-likeness (QED) is 0.0886. The van der Waals surface area contributed by atoms with Crippen molar-refractivity contribution in [3.8, 4) is 0 Å². The van der Waals surface area contributed by atoms with Crippen molar-refractivity contribution in [3.05, 3.63) is 53.6 Å². The summed E-state index contributed by atoms with van der Waals surface area (Å²) < 4.78 is 84.2. The van der Waals surface area contributed by atoms with Crippen molar-refractivity contribution in [1.82, 2.24) is 4.90 Å². The van der Waals surface area contributed by atoms with Crippen LogP contribution in [0.5, 0.6) is 0 Å². The fraction of sp³-hybridized carbons (Fsp3) is 0.755. The Bertz CT molecular complexity index is 2140. The van der Waals surface area contributed by atoms with Gasteiger partial charge in [0.15, 0.2) is 24.7 Å². The summed E-state index contributed by atoms with van der Waals surface area (Å²) in [6.45, 7) is 15.5. The standard InChI is InChI=1S/C46H77NO17.C7H8O3S/c1-13-33-30(22-58-45-42(57-12)41(56-11)37(52)26(5)60-45)18-23(2)14-15-31(49)24(3)19-29(16-17-48)39(25(4)32(50)20-34(51)62-33)64-44-38(53)36(47(9)10)40(27(6)61-44)63-35-21-46(8,55)43(54)28(7)59-35;1-6-2-4-7(5-3-6)11(8,9)10/h14-15,17-18,24-30,32-33,35-45,50,52-55H,13,16,19-22H2,1-12H3;2-5H,1H3,(H,8,9,10)/b15-14+,23-18+;/t24-,25+,26-,27-,28+,29+,30?,32-,33-,35+,36-,37-,38-,39-,40-,41-,42-,43+,44+,45-,46-;/m1./s1. The number of ether oxygens (including phenoxy) is 9. The number of aliphatic hydroxyl groups excluding tert-OH is 4. The van der Waals surface area contributed by atoms with Crippen LogP contribution in [0.1, 0.15) is 93.1 Å². The Labute approximate surface area is 442 Å². The van der Waals surface area contributed by atoms with Gasteiger partial charge < -0.3 is 77.9 Å². The van der Waals surface area contributed by atoms with E-state index in [0.29, 0.717) is 12.0 Å². The monoisotopic (exact) mass is 1090 g/mol. The van der Waals surface area contributed by atoms with Gasteiger partial charge in [0.1, 0.15) is 49.0 Å². The van der Waals surface area contributed by atoms with Gasteiger partial charge >= 0.3 is 5.97 Å². The smallest absolute Gasteiger partial charge is 0.308 e. The highest BCUT2D eigenvalue weighted by molar-refractivity contribution is 7.85. The van der Waals surface area contributed by atoms with E-state index in [4.69, 9.17) is 47.2 Å². The maximum Gasteiger partial charge on any atom is 0.308 e. The molecule has 21 nitrogen and oxygen atoms in total. The predicted octanol–water partition coefficient (Wildman–Crippen LogP) is 3.08. The number of methoxy groups -OCH3 is 2. The fourth-order valence-electron chi connectivity index (χ4n) is 10.2. The van der Waals surface area contributed by atoms with Crippen LogP contribution in [0.4, 0.5) is 0 Å². The van der Waals surface area contributed by atoms with Gasteiger partial charge in [-0.15, -0.1) is 0 Å². The zero-order valence-corrected chi connectivity index (χ0v) is 46.5. The van der Waals surface area contributed by atoms with E-state index in [1.807, 2.05) is 26.8 Å². The highest BCUT2D eigenvalue weighted by Crippen LogP contribution is 2.38. The number of carbonyl (C=O) groups is 3. The molecular weight excluding hydrogens is 1000 g/mol. The summed E-state index contributed by atoms with van der Waals surface area (Å²) in [7, 11) is 2.41. The molecule has 4 aliphatic rings. The first-order chi connectivity index (χ1) is 35.1. The maximum absolute atomic E-state index is 13.8. The van der Waals surface area contributed by atoms with Gasteiger partial charge in [-0.3, -0.25) is 14.1 Å². The van der Waals surface area contributed by atoms with Gasteiger partial charge in [0.2, 0.25) is 0 Å². The lowest BCUT2D eigenvalue weighted by atomic mass is 9.79. The molecule has 4 aliphatic heterocycles. The number of aldehydes is 1. The first-order valence-corrected chi connectivity index (χ1v) is 27.2. The molecule has 1 aromatic carbocycles. The Kier molecular flexibility index (Phi) is 24.6. The topological polar surface area (TPSA) is 293 Å². The average molecular weight is 1090 g/mol. The van der Waals surface area contributed by atoms with Crippen molar-refractivity contribution < 1.29 is 95.5 Å². The number of aliphatic hydroxyl groups is 5. The first-order valence-electron chi connectivity index (χ1n) is 25.7. The lowest BCUT2D eigenvalue weighted by molar-refractivity contribution is -0.341. The van der Waals surface area contributed by atoms with Crippen LogP contribution in [0.2, 0.25) is 0 Å². The predicted molar refractivity (Wildman–Crippen MR) is 271 cm³/mol. The lowest BCUT2D eigenvalue weighted by Crippen LogP contribution is -2.65. The van der Waals surface area contributed by atoms with Gasteiger partial charge in [0.05, 0.1) is 60.1 Å². The number of ketones is 1. The van der Waals surface area contributed by atoms with Crippen molar-refractivity contribution in [2.75, 3.05) is 34.9 Å². The van der Waals surface area contributed by atoms with E-state index >= 15 is 0 Å². The second-order valence-corrected chi connectivity index (χ2v) is 22.5. The lowest BCUT2D eigenvalue weighted by Gasteiger charge is -2.50. The summed E-state index contributed by atoms with van der Waals surface area (Å²) in [6.07, 6.45) is -8.49. The molecule has 1 unspecified atom stereocenters. The summed E-state index contributed by atoms with van der Waals surface area (Å²) in [5.74, 6) is -3.59. The summed E-state index contributed by atoms with van der Waals surface area (Å²) >= 11 is 0. The summed E-state index contributed by atoms with van der Waals surface area (Å²) in [5.41, 5.74) is 0.150. The van der Waals surface area contributed by atoms with Gasteiger partial charge in [-0.25, -0.2) is 0 Å². The molecule has 75 heavy (non-hydrogen) atoms. The number of esters is 1. The zero-order valence-electron chi connectivity index (χ0n) is 45.7. The van der Waals surface area contributed by atoms with Gasteiger partial charge in [-0.1, -0.05) is 56.2 Å². The first kappa shape index (κ1) is 64.4. The molecule has 0 bridgehead atoms. The minimum Gasteiger partial charge on any atom is -0.462 e. The van der Waals surface area contributed by atoms with Crippen LogP contribution in [0.15, 0.2) is 53.0 Å². The zero-order chi connectivity index (χ0) is 56.3. The molecule has 4 heterocycles. The third-order valence-electron chi connectivity index (χ3n) is 14.7. The van der Waals surface area contributed by atoms with Crippen LogP contribution < -0.4 is 0 Å². The van der Waals surface area contributed by atoms with Crippen LogP contribution in [-0.2, 0) is 67.1 Å². The van der Waals surface area contributed by atoms with Crippen LogP contribution in [-0.4, -0.2) is 200 Å². The van der Waals surface area contributed by atoms with Crippen LogP contribution in [0.3, 0.4) is 0 Å². The van der Waals surface area contributed by atoms with Gasteiger partial charge in [0, 0.05) is 44.8 Å². The highest BCUT2D eigenvalue weighted by Gasteiger charge is 2.52.